The minimum absolute atomic E-state index is 0.0940. The maximum atomic E-state index is 12.7. The van der Waals surface area contributed by atoms with Crippen LogP contribution < -0.4 is 14.4 Å². The zero-order chi connectivity index (χ0) is 18.7. The minimum Gasteiger partial charge on any atom is -0.497 e. The van der Waals surface area contributed by atoms with Crippen LogP contribution in [0, 0.1) is 6.92 Å². The van der Waals surface area contributed by atoms with E-state index in [4.69, 9.17) is 9.47 Å². The van der Waals surface area contributed by atoms with Gasteiger partial charge in [0.1, 0.15) is 11.5 Å². The molecule has 2 aromatic carbocycles. The van der Waals surface area contributed by atoms with Crippen LogP contribution in [0.4, 0.5) is 5.13 Å². The van der Waals surface area contributed by atoms with Crippen molar-refractivity contribution >= 4 is 22.4 Å². The van der Waals surface area contributed by atoms with Gasteiger partial charge < -0.3 is 9.47 Å². The van der Waals surface area contributed by atoms with Crippen molar-refractivity contribution in [3.05, 3.63) is 59.0 Å². The SMILES string of the molecule is COc1ccc(OC)c(-c2csc(N(C)C(=O)c3ccc(C)cc3)n2)c1. The zero-order valence-corrected chi connectivity index (χ0v) is 16.0. The smallest absolute Gasteiger partial charge is 0.259 e. The monoisotopic (exact) mass is 368 g/mol. The summed E-state index contributed by atoms with van der Waals surface area (Å²) in [6.45, 7) is 1.99. The largest absolute Gasteiger partial charge is 0.497 e. The summed E-state index contributed by atoms with van der Waals surface area (Å²) in [5, 5.41) is 2.53. The molecular formula is C20H20N2O3S. The van der Waals surface area contributed by atoms with Crippen LogP contribution in [-0.2, 0) is 0 Å². The van der Waals surface area contributed by atoms with Crippen LogP contribution in [0.3, 0.4) is 0 Å². The van der Waals surface area contributed by atoms with Crippen molar-refractivity contribution in [1.82, 2.24) is 4.98 Å². The number of hydrogen-bond donors (Lipinski definition) is 0. The summed E-state index contributed by atoms with van der Waals surface area (Å²) in [7, 11) is 4.96. The lowest BCUT2D eigenvalue weighted by molar-refractivity contribution is 0.0993. The highest BCUT2D eigenvalue weighted by atomic mass is 32.1. The van der Waals surface area contributed by atoms with Crippen LogP contribution in [0.1, 0.15) is 15.9 Å². The molecule has 0 aliphatic rings. The number of methoxy groups -OCH3 is 2. The van der Waals surface area contributed by atoms with Gasteiger partial charge in [-0.05, 0) is 37.3 Å². The summed E-state index contributed by atoms with van der Waals surface area (Å²) in [6.07, 6.45) is 0. The molecule has 26 heavy (non-hydrogen) atoms. The number of nitrogens with zero attached hydrogens (tertiary/aromatic N) is 2. The standard InChI is InChI=1S/C20H20N2O3S/c1-13-5-7-14(8-6-13)19(23)22(2)20-21-17(12-26-20)16-11-15(24-3)9-10-18(16)25-4/h5-12H,1-4H3. The lowest BCUT2D eigenvalue weighted by Crippen LogP contribution is -2.26. The molecule has 0 fully saturated rings. The third kappa shape index (κ3) is 3.55. The van der Waals surface area contributed by atoms with Gasteiger partial charge in [0.05, 0.1) is 19.9 Å². The van der Waals surface area contributed by atoms with Gasteiger partial charge in [-0.3, -0.25) is 9.69 Å². The van der Waals surface area contributed by atoms with E-state index < -0.39 is 0 Å². The Kier molecular flexibility index (Phi) is 5.23. The van der Waals surface area contributed by atoms with Crippen LogP contribution in [0.5, 0.6) is 11.5 Å². The molecule has 134 valence electrons. The molecule has 0 radical (unpaired) electrons. The van der Waals surface area contributed by atoms with Crippen molar-refractivity contribution in [2.24, 2.45) is 0 Å². The second-order valence-electron chi connectivity index (χ2n) is 5.81. The number of amides is 1. The van der Waals surface area contributed by atoms with E-state index in [-0.39, 0.29) is 5.91 Å². The molecule has 1 aromatic heterocycles. The molecule has 0 bridgehead atoms. The highest BCUT2D eigenvalue weighted by molar-refractivity contribution is 7.14. The summed E-state index contributed by atoms with van der Waals surface area (Å²) < 4.78 is 10.7. The Morgan fingerprint density at radius 2 is 1.81 bits per heavy atom. The first-order valence-electron chi connectivity index (χ1n) is 8.06. The van der Waals surface area contributed by atoms with Gasteiger partial charge in [0.2, 0.25) is 0 Å². The van der Waals surface area contributed by atoms with E-state index in [9.17, 15) is 4.79 Å². The number of carbonyl (C=O) groups is 1. The van der Waals surface area contributed by atoms with Gasteiger partial charge in [0.25, 0.3) is 5.91 Å². The molecule has 5 nitrogen and oxygen atoms in total. The van der Waals surface area contributed by atoms with Crippen LogP contribution in [0.2, 0.25) is 0 Å². The first kappa shape index (κ1) is 17.9. The lowest BCUT2D eigenvalue weighted by atomic mass is 10.1. The molecule has 0 saturated heterocycles. The Morgan fingerprint density at radius 1 is 1.08 bits per heavy atom. The van der Waals surface area contributed by atoms with Crippen molar-refractivity contribution in [2.75, 3.05) is 26.2 Å². The average molecular weight is 368 g/mol. The average Bonchev–Trinajstić information content (AvgIpc) is 3.17. The van der Waals surface area contributed by atoms with Crippen LogP contribution >= 0.6 is 11.3 Å². The third-order valence-electron chi connectivity index (χ3n) is 4.06. The van der Waals surface area contributed by atoms with E-state index in [0.717, 1.165) is 22.6 Å². The summed E-state index contributed by atoms with van der Waals surface area (Å²) in [6, 6.07) is 13.1. The maximum Gasteiger partial charge on any atom is 0.259 e. The number of anilines is 1. The molecule has 0 N–H and O–H groups in total. The molecule has 0 aliphatic heterocycles. The molecule has 0 aliphatic carbocycles. The highest BCUT2D eigenvalue weighted by Crippen LogP contribution is 2.35. The van der Waals surface area contributed by atoms with Gasteiger partial charge in [-0.1, -0.05) is 17.7 Å². The number of benzene rings is 2. The summed E-state index contributed by atoms with van der Waals surface area (Å²) in [4.78, 5) is 18.9. The molecule has 0 atom stereocenters. The summed E-state index contributed by atoms with van der Waals surface area (Å²) in [5.41, 5.74) is 3.31. The topological polar surface area (TPSA) is 51.7 Å². The second-order valence-corrected chi connectivity index (χ2v) is 6.65. The summed E-state index contributed by atoms with van der Waals surface area (Å²) >= 11 is 1.41. The fraction of sp³-hybridized carbons (Fsp3) is 0.200. The molecular weight excluding hydrogens is 348 g/mol. The van der Waals surface area contributed by atoms with Crippen molar-refractivity contribution in [3.63, 3.8) is 0 Å². The highest BCUT2D eigenvalue weighted by Gasteiger charge is 2.18. The van der Waals surface area contributed by atoms with Crippen LogP contribution in [0.15, 0.2) is 47.8 Å². The number of hydrogen-bond acceptors (Lipinski definition) is 5. The molecule has 0 saturated carbocycles. The fourth-order valence-corrected chi connectivity index (χ4v) is 3.32. The van der Waals surface area contributed by atoms with Crippen molar-refractivity contribution < 1.29 is 14.3 Å². The molecule has 0 spiro atoms. The van der Waals surface area contributed by atoms with Gasteiger partial charge in [0, 0.05) is 23.6 Å². The van der Waals surface area contributed by atoms with E-state index in [1.165, 1.54) is 11.3 Å². The third-order valence-corrected chi connectivity index (χ3v) is 4.98. The Balaban J connectivity index is 1.90. The predicted octanol–water partition coefficient (Wildman–Crippen LogP) is 4.41. The molecule has 6 heteroatoms. The number of aromatic nitrogens is 1. The molecule has 3 rings (SSSR count). The molecule has 1 heterocycles. The summed E-state index contributed by atoms with van der Waals surface area (Å²) in [5.74, 6) is 1.33. The Hall–Kier alpha value is -2.86. The lowest BCUT2D eigenvalue weighted by Gasteiger charge is -2.14. The van der Waals surface area contributed by atoms with E-state index in [0.29, 0.717) is 16.4 Å². The molecule has 0 unspecified atom stereocenters. The fourth-order valence-electron chi connectivity index (χ4n) is 2.53. The van der Waals surface area contributed by atoms with Crippen molar-refractivity contribution in [1.29, 1.82) is 0 Å². The number of thiazole rings is 1. The van der Waals surface area contributed by atoms with Crippen LogP contribution in [-0.4, -0.2) is 32.2 Å². The van der Waals surface area contributed by atoms with Gasteiger partial charge in [-0.2, -0.15) is 0 Å². The Labute approximate surface area is 156 Å². The maximum absolute atomic E-state index is 12.7. The molecule has 3 aromatic rings. The van der Waals surface area contributed by atoms with E-state index >= 15 is 0 Å². The Bertz CT molecular complexity index is 919. The van der Waals surface area contributed by atoms with Gasteiger partial charge >= 0.3 is 0 Å². The van der Waals surface area contributed by atoms with E-state index in [1.807, 2.05) is 54.8 Å². The number of carbonyl (C=O) groups excluding carboxylic acids is 1. The van der Waals surface area contributed by atoms with Crippen molar-refractivity contribution in [3.8, 4) is 22.8 Å². The zero-order valence-electron chi connectivity index (χ0n) is 15.1. The second kappa shape index (κ2) is 7.58. The number of rotatable bonds is 5. The van der Waals surface area contributed by atoms with E-state index in [2.05, 4.69) is 4.98 Å². The quantitative estimate of drug-likeness (QED) is 0.669. The normalized spacial score (nSPS) is 10.5. The van der Waals surface area contributed by atoms with Crippen LogP contribution in [0.25, 0.3) is 11.3 Å². The van der Waals surface area contributed by atoms with Crippen molar-refractivity contribution in [2.45, 2.75) is 6.92 Å². The first-order valence-corrected chi connectivity index (χ1v) is 8.94. The van der Waals surface area contributed by atoms with Gasteiger partial charge in [0.15, 0.2) is 5.13 Å². The van der Waals surface area contributed by atoms with E-state index in [1.54, 1.807) is 26.2 Å². The Morgan fingerprint density at radius 3 is 2.46 bits per heavy atom. The molecule has 1 amide bonds. The van der Waals surface area contributed by atoms with Gasteiger partial charge in [-0.25, -0.2) is 4.98 Å². The first-order chi connectivity index (χ1) is 12.5. The number of aryl methyl sites for hydroxylation is 1. The van der Waals surface area contributed by atoms with Gasteiger partial charge in [-0.15, -0.1) is 11.3 Å². The predicted molar refractivity (Wildman–Crippen MR) is 105 cm³/mol. The number of ether oxygens (including phenoxy) is 2. The minimum atomic E-state index is -0.0940.